The molecule has 0 bridgehead atoms. The first kappa shape index (κ1) is 16.4. The van der Waals surface area contributed by atoms with Gasteiger partial charge >= 0.3 is 6.03 Å². The van der Waals surface area contributed by atoms with E-state index in [0.717, 1.165) is 24.2 Å². The normalized spacial score (nSPS) is 16.9. The van der Waals surface area contributed by atoms with Crippen LogP contribution in [0.25, 0.3) is 0 Å². The van der Waals surface area contributed by atoms with Crippen molar-refractivity contribution in [3.8, 4) is 0 Å². The summed E-state index contributed by atoms with van der Waals surface area (Å²) in [4.78, 5) is 18.4. The first-order chi connectivity index (χ1) is 11.6. The zero-order chi connectivity index (χ0) is 17.1. The summed E-state index contributed by atoms with van der Waals surface area (Å²) < 4.78 is 1.73. The van der Waals surface area contributed by atoms with Crippen molar-refractivity contribution in [3.05, 3.63) is 42.0 Å². The third-order valence-electron chi connectivity index (χ3n) is 4.74. The number of aromatic nitrogens is 3. The maximum atomic E-state index is 12.4. The highest BCUT2D eigenvalue weighted by Gasteiger charge is 2.29. The number of aryl methyl sites for hydroxylation is 1. The van der Waals surface area contributed by atoms with Crippen LogP contribution in [0.2, 0.25) is 0 Å². The van der Waals surface area contributed by atoms with Gasteiger partial charge in [0, 0.05) is 26.3 Å². The second-order valence-corrected chi connectivity index (χ2v) is 6.22. The van der Waals surface area contributed by atoms with E-state index in [1.165, 1.54) is 0 Å². The van der Waals surface area contributed by atoms with Crippen molar-refractivity contribution in [1.29, 1.82) is 0 Å². The average molecular weight is 329 g/mol. The van der Waals surface area contributed by atoms with Crippen LogP contribution in [0.1, 0.15) is 30.3 Å². The summed E-state index contributed by atoms with van der Waals surface area (Å²) in [5, 5.41) is 17.5. The third-order valence-corrected chi connectivity index (χ3v) is 4.74. The van der Waals surface area contributed by atoms with Crippen molar-refractivity contribution in [1.82, 2.24) is 19.7 Å². The van der Waals surface area contributed by atoms with E-state index in [9.17, 15) is 9.90 Å². The van der Waals surface area contributed by atoms with Crippen molar-refractivity contribution < 1.29 is 9.90 Å². The van der Waals surface area contributed by atoms with Gasteiger partial charge in [-0.15, -0.1) is 0 Å². The van der Waals surface area contributed by atoms with E-state index in [-0.39, 0.29) is 11.9 Å². The number of piperidine rings is 1. The summed E-state index contributed by atoms with van der Waals surface area (Å²) in [6.45, 7) is 3.16. The predicted molar refractivity (Wildman–Crippen MR) is 90.5 cm³/mol. The van der Waals surface area contributed by atoms with Gasteiger partial charge in [-0.1, -0.05) is 6.07 Å². The molecule has 7 nitrogen and oxygen atoms in total. The quantitative estimate of drug-likeness (QED) is 0.903. The summed E-state index contributed by atoms with van der Waals surface area (Å²) in [6.07, 6.45) is 4.30. The summed E-state index contributed by atoms with van der Waals surface area (Å²) in [5.41, 5.74) is 2.35. The van der Waals surface area contributed by atoms with Gasteiger partial charge in [-0.2, -0.15) is 5.10 Å². The number of likely N-dealkylation sites (tertiary alicyclic amines) is 1. The molecule has 2 aromatic rings. The number of carbonyl (C=O) groups is 1. The number of urea groups is 1. The summed E-state index contributed by atoms with van der Waals surface area (Å²) >= 11 is 0. The van der Waals surface area contributed by atoms with E-state index < -0.39 is 6.10 Å². The number of hydrogen-bond acceptors (Lipinski definition) is 4. The molecule has 0 radical (unpaired) electrons. The lowest BCUT2D eigenvalue weighted by Crippen LogP contribution is -2.42. The van der Waals surface area contributed by atoms with Crippen molar-refractivity contribution in [2.75, 3.05) is 18.4 Å². The Morgan fingerprint density at radius 1 is 1.38 bits per heavy atom. The lowest BCUT2D eigenvalue weighted by Gasteiger charge is -2.34. The average Bonchev–Trinajstić information content (AvgIpc) is 2.94. The number of pyridine rings is 1. The largest absolute Gasteiger partial charge is 0.387 e. The van der Waals surface area contributed by atoms with Crippen LogP contribution < -0.4 is 5.32 Å². The van der Waals surface area contributed by atoms with Gasteiger partial charge in [0.15, 0.2) is 0 Å². The van der Waals surface area contributed by atoms with E-state index in [1.807, 2.05) is 32.2 Å². The van der Waals surface area contributed by atoms with E-state index in [4.69, 9.17) is 0 Å². The molecule has 0 aliphatic carbocycles. The first-order valence-electron chi connectivity index (χ1n) is 8.20. The molecule has 3 rings (SSSR count). The minimum absolute atomic E-state index is 0.114. The van der Waals surface area contributed by atoms with Gasteiger partial charge in [-0.3, -0.25) is 9.67 Å². The molecule has 1 atom stereocenters. The lowest BCUT2D eigenvalue weighted by molar-refractivity contribution is 0.0652. The van der Waals surface area contributed by atoms with Crippen LogP contribution in [0, 0.1) is 12.8 Å². The Bertz CT molecular complexity index is 692. The number of aliphatic hydroxyl groups excluding tert-OH is 1. The topological polar surface area (TPSA) is 83.3 Å². The molecule has 0 spiro atoms. The zero-order valence-electron chi connectivity index (χ0n) is 14.0. The van der Waals surface area contributed by atoms with Crippen molar-refractivity contribution in [3.63, 3.8) is 0 Å². The van der Waals surface area contributed by atoms with Gasteiger partial charge in [-0.05, 0) is 37.8 Å². The number of aliphatic hydroxyl groups is 1. The summed E-state index contributed by atoms with van der Waals surface area (Å²) in [5.74, 6) is 0.129. The van der Waals surface area contributed by atoms with Crippen molar-refractivity contribution in [2.45, 2.75) is 25.9 Å². The third kappa shape index (κ3) is 3.41. The molecule has 1 aliphatic heterocycles. The maximum absolute atomic E-state index is 12.4. The zero-order valence-corrected chi connectivity index (χ0v) is 14.0. The molecular weight excluding hydrogens is 306 g/mol. The van der Waals surface area contributed by atoms with E-state index >= 15 is 0 Å². The molecule has 1 fully saturated rings. The SMILES string of the molecule is Cc1c(NC(=O)N2CCC([C@H](O)c3ccccn3)CC2)cnn1C. The summed E-state index contributed by atoms with van der Waals surface area (Å²) in [6, 6.07) is 5.44. The molecule has 1 saturated heterocycles. The number of anilines is 1. The molecule has 24 heavy (non-hydrogen) atoms. The highest BCUT2D eigenvalue weighted by atomic mass is 16.3. The van der Waals surface area contributed by atoms with Gasteiger partial charge in [0.05, 0.1) is 29.4 Å². The molecule has 0 saturated carbocycles. The van der Waals surface area contributed by atoms with Crippen molar-refractivity contribution in [2.24, 2.45) is 13.0 Å². The minimum atomic E-state index is -0.572. The predicted octanol–water partition coefficient (Wildman–Crippen LogP) is 2.10. The van der Waals surface area contributed by atoms with Crippen LogP contribution in [0.3, 0.4) is 0 Å². The van der Waals surface area contributed by atoms with Crippen LogP contribution in [-0.2, 0) is 7.05 Å². The Labute approximate surface area is 141 Å². The molecular formula is C17H23N5O2. The second-order valence-electron chi connectivity index (χ2n) is 6.22. The summed E-state index contributed by atoms with van der Waals surface area (Å²) in [7, 11) is 1.84. The van der Waals surface area contributed by atoms with Crippen molar-refractivity contribution >= 4 is 11.7 Å². The molecule has 2 aromatic heterocycles. The monoisotopic (exact) mass is 329 g/mol. The second kappa shape index (κ2) is 7.00. The van der Waals surface area contributed by atoms with Gasteiger partial charge in [-0.25, -0.2) is 4.79 Å². The fourth-order valence-electron chi connectivity index (χ4n) is 3.03. The molecule has 2 N–H and O–H groups in total. The Hall–Kier alpha value is -2.41. The Balaban J connectivity index is 1.55. The van der Waals surface area contributed by atoms with Gasteiger partial charge in [0.2, 0.25) is 0 Å². The smallest absolute Gasteiger partial charge is 0.321 e. The number of hydrogen-bond donors (Lipinski definition) is 2. The van der Waals surface area contributed by atoms with E-state index in [0.29, 0.717) is 18.8 Å². The van der Waals surface area contributed by atoms with E-state index in [1.54, 1.807) is 22.0 Å². The number of nitrogens with one attached hydrogen (secondary N) is 1. The van der Waals surface area contributed by atoms with Crippen LogP contribution in [0.5, 0.6) is 0 Å². The van der Waals surface area contributed by atoms with Crippen LogP contribution in [0.15, 0.2) is 30.6 Å². The molecule has 3 heterocycles. The fraction of sp³-hybridized carbons (Fsp3) is 0.471. The van der Waals surface area contributed by atoms with Gasteiger partial charge in [0.25, 0.3) is 0 Å². The highest BCUT2D eigenvalue weighted by molar-refractivity contribution is 5.89. The maximum Gasteiger partial charge on any atom is 0.321 e. The number of rotatable bonds is 3. The number of nitrogens with zero attached hydrogens (tertiary/aromatic N) is 4. The van der Waals surface area contributed by atoms with Gasteiger partial charge in [0.1, 0.15) is 0 Å². The van der Waals surface area contributed by atoms with E-state index in [2.05, 4.69) is 15.4 Å². The van der Waals surface area contributed by atoms with Gasteiger partial charge < -0.3 is 15.3 Å². The van der Waals surface area contributed by atoms with Crippen LogP contribution >= 0.6 is 0 Å². The Kier molecular flexibility index (Phi) is 4.80. The Morgan fingerprint density at radius 3 is 2.71 bits per heavy atom. The molecule has 2 amide bonds. The molecule has 1 aliphatic rings. The lowest BCUT2D eigenvalue weighted by atomic mass is 9.89. The standard InChI is InChI=1S/C17H23N5O2/c1-12-15(11-19-21(12)2)20-17(24)22-9-6-13(7-10-22)16(23)14-5-3-4-8-18-14/h3-5,8,11,13,16,23H,6-7,9-10H2,1-2H3,(H,20,24)/t16-/m0/s1. The van der Waals surface area contributed by atoms with Crippen LogP contribution in [-0.4, -0.2) is 43.9 Å². The molecule has 128 valence electrons. The number of carbonyl (C=O) groups excluding carboxylic acids is 1. The molecule has 7 heteroatoms. The Morgan fingerprint density at radius 2 is 2.12 bits per heavy atom. The highest BCUT2D eigenvalue weighted by Crippen LogP contribution is 2.29. The molecule has 0 aromatic carbocycles. The number of amides is 2. The minimum Gasteiger partial charge on any atom is -0.387 e. The van der Waals surface area contributed by atoms with Crippen LogP contribution in [0.4, 0.5) is 10.5 Å². The fourth-order valence-corrected chi connectivity index (χ4v) is 3.03. The first-order valence-corrected chi connectivity index (χ1v) is 8.20. The molecule has 0 unspecified atom stereocenters.